The molecule has 1 aromatic rings. The minimum absolute atomic E-state index is 0.0798. The van der Waals surface area contributed by atoms with E-state index in [1.807, 2.05) is 0 Å². The summed E-state index contributed by atoms with van der Waals surface area (Å²) in [7, 11) is 0. The Labute approximate surface area is 121 Å². The van der Waals surface area contributed by atoms with Gasteiger partial charge in [0.1, 0.15) is 5.82 Å². The van der Waals surface area contributed by atoms with E-state index in [-0.39, 0.29) is 17.3 Å². The molecular weight excluding hydrogens is 287 g/mol. The molecule has 0 heterocycles. The largest absolute Gasteiger partial charge is 0.481 e. The number of urea groups is 1. The summed E-state index contributed by atoms with van der Waals surface area (Å²) in [5, 5.41) is 11.5. The molecule has 0 aromatic heterocycles. The van der Waals surface area contributed by atoms with Crippen molar-refractivity contribution in [3.8, 4) is 0 Å². The molecule has 0 saturated carbocycles. The number of carboxylic acids is 1. The zero-order valence-corrected chi connectivity index (χ0v) is 11.9. The van der Waals surface area contributed by atoms with Gasteiger partial charge in [0.2, 0.25) is 0 Å². The second-order valence-corrected chi connectivity index (χ2v) is 4.74. The van der Waals surface area contributed by atoms with Crippen LogP contribution in [0.15, 0.2) is 18.2 Å². The quantitative estimate of drug-likeness (QED) is 0.878. The first-order valence-corrected chi connectivity index (χ1v) is 6.46. The van der Waals surface area contributed by atoms with Crippen LogP contribution in [0.3, 0.4) is 0 Å². The highest BCUT2D eigenvalue weighted by atomic mass is 35.5. The van der Waals surface area contributed by atoms with E-state index in [1.54, 1.807) is 6.92 Å². The molecule has 5 nitrogen and oxygen atoms in total. The lowest BCUT2D eigenvalue weighted by Crippen LogP contribution is -2.39. The molecule has 0 spiro atoms. The minimum Gasteiger partial charge on any atom is -0.481 e. The van der Waals surface area contributed by atoms with Crippen molar-refractivity contribution in [3.05, 3.63) is 29.0 Å². The molecule has 0 aliphatic carbocycles. The van der Waals surface area contributed by atoms with Crippen LogP contribution in [0.1, 0.15) is 13.8 Å². The highest BCUT2D eigenvalue weighted by Gasteiger charge is 2.19. The molecule has 0 aliphatic heterocycles. The van der Waals surface area contributed by atoms with Crippen LogP contribution in [0.4, 0.5) is 14.9 Å². The molecule has 1 aromatic carbocycles. The summed E-state index contributed by atoms with van der Waals surface area (Å²) >= 11 is 5.81. The van der Waals surface area contributed by atoms with E-state index >= 15 is 0 Å². The van der Waals surface area contributed by atoms with Gasteiger partial charge in [-0.2, -0.15) is 0 Å². The Balaban J connectivity index is 2.74. The number of nitrogens with zero attached hydrogens (tertiary/aromatic N) is 1. The second-order valence-electron chi connectivity index (χ2n) is 4.33. The fraction of sp³-hybridized carbons (Fsp3) is 0.385. The monoisotopic (exact) mass is 302 g/mol. The van der Waals surface area contributed by atoms with Crippen LogP contribution in [0.5, 0.6) is 0 Å². The zero-order valence-electron chi connectivity index (χ0n) is 11.2. The summed E-state index contributed by atoms with van der Waals surface area (Å²) in [6, 6.07) is 3.14. The SMILES string of the molecule is CCN(CC(C)C(=O)O)C(=O)Nc1ccc(F)cc1Cl. The standard InChI is InChI=1S/C13H16ClFN2O3/c1-3-17(7-8(2)12(18)19)13(20)16-11-5-4-9(15)6-10(11)14/h4-6,8H,3,7H2,1-2H3,(H,16,20)(H,18,19). The number of carbonyl (C=O) groups is 2. The van der Waals surface area contributed by atoms with Gasteiger partial charge in [0, 0.05) is 13.1 Å². The molecule has 7 heteroatoms. The number of rotatable bonds is 5. The van der Waals surface area contributed by atoms with Crippen LogP contribution in [-0.4, -0.2) is 35.1 Å². The van der Waals surface area contributed by atoms with Gasteiger partial charge in [0.15, 0.2) is 0 Å². The first kappa shape index (κ1) is 16.2. The zero-order chi connectivity index (χ0) is 15.3. The minimum atomic E-state index is -0.976. The van der Waals surface area contributed by atoms with E-state index in [0.29, 0.717) is 6.54 Å². The summed E-state index contributed by atoms with van der Waals surface area (Å²) in [4.78, 5) is 24.2. The third kappa shape index (κ3) is 4.38. The molecule has 2 amide bonds. The third-order valence-corrected chi connectivity index (χ3v) is 3.07. The molecule has 0 radical (unpaired) electrons. The molecule has 110 valence electrons. The van der Waals surface area contributed by atoms with Crippen molar-refractivity contribution in [3.63, 3.8) is 0 Å². The highest BCUT2D eigenvalue weighted by Crippen LogP contribution is 2.22. The van der Waals surface area contributed by atoms with Gasteiger partial charge in [-0.05, 0) is 25.1 Å². The Morgan fingerprint density at radius 1 is 1.50 bits per heavy atom. The second kappa shape index (κ2) is 7.09. The molecule has 1 rings (SSSR count). The summed E-state index contributed by atoms with van der Waals surface area (Å²) in [5.41, 5.74) is 0.277. The van der Waals surface area contributed by atoms with Crippen molar-refractivity contribution in [1.29, 1.82) is 0 Å². The third-order valence-electron chi connectivity index (χ3n) is 2.76. The Morgan fingerprint density at radius 2 is 2.15 bits per heavy atom. The number of carboxylic acid groups (broad SMARTS) is 1. The van der Waals surface area contributed by atoms with E-state index in [0.717, 1.165) is 6.07 Å². The average molecular weight is 303 g/mol. The molecule has 0 bridgehead atoms. The number of amides is 2. The summed E-state index contributed by atoms with van der Waals surface area (Å²) in [5.74, 6) is -2.15. The lowest BCUT2D eigenvalue weighted by atomic mass is 10.2. The molecule has 0 aliphatic rings. The molecular formula is C13H16ClFN2O3. The number of hydrogen-bond donors (Lipinski definition) is 2. The van der Waals surface area contributed by atoms with Crippen molar-refractivity contribution in [1.82, 2.24) is 4.90 Å². The van der Waals surface area contributed by atoms with Crippen molar-refractivity contribution < 1.29 is 19.1 Å². The lowest BCUT2D eigenvalue weighted by molar-refractivity contribution is -0.141. The van der Waals surface area contributed by atoms with E-state index in [4.69, 9.17) is 16.7 Å². The predicted octanol–water partition coefficient (Wildman–Crippen LogP) is 3.05. The van der Waals surface area contributed by atoms with E-state index in [9.17, 15) is 14.0 Å². The van der Waals surface area contributed by atoms with Gasteiger partial charge >= 0.3 is 12.0 Å². The first-order chi connectivity index (χ1) is 9.35. The van der Waals surface area contributed by atoms with Gasteiger partial charge in [0.25, 0.3) is 0 Å². The van der Waals surface area contributed by atoms with Crippen molar-refractivity contribution in [2.75, 3.05) is 18.4 Å². The van der Waals surface area contributed by atoms with Gasteiger partial charge in [-0.3, -0.25) is 4.79 Å². The van der Waals surface area contributed by atoms with Crippen LogP contribution >= 0.6 is 11.6 Å². The summed E-state index contributed by atoms with van der Waals surface area (Å²) in [6.45, 7) is 3.68. The number of aliphatic carboxylic acids is 1. The van der Waals surface area contributed by atoms with E-state index < -0.39 is 23.7 Å². The maximum atomic E-state index is 12.9. The topological polar surface area (TPSA) is 69.6 Å². The average Bonchev–Trinajstić information content (AvgIpc) is 2.38. The maximum Gasteiger partial charge on any atom is 0.321 e. The Hall–Kier alpha value is -1.82. The molecule has 1 atom stereocenters. The van der Waals surface area contributed by atoms with Gasteiger partial charge < -0.3 is 15.3 Å². The maximum absolute atomic E-state index is 12.9. The fourth-order valence-electron chi connectivity index (χ4n) is 1.55. The van der Waals surface area contributed by atoms with Gasteiger partial charge in [-0.25, -0.2) is 9.18 Å². The molecule has 1 unspecified atom stereocenters. The highest BCUT2D eigenvalue weighted by molar-refractivity contribution is 6.33. The Bertz CT molecular complexity index is 510. The molecule has 0 saturated heterocycles. The van der Waals surface area contributed by atoms with Crippen LogP contribution in [-0.2, 0) is 4.79 Å². The normalized spacial score (nSPS) is 11.8. The number of anilines is 1. The Morgan fingerprint density at radius 3 is 2.65 bits per heavy atom. The van der Waals surface area contributed by atoms with Crippen LogP contribution in [0, 0.1) is 11.7 Å². The van der Waals surface area contributed by atoms with Crippen LogP contribution in [0.2, 0.25) is 5.02 Å². The summed E-state index contributed by atoms with van der Waals surface area (Å²) < 4.78 is 12.9. The number of nitrogens with one attached hydrogen (secondary N) is 1. The van der Waals surface area contributed by atoms with Gasteiger partial charge in [-0.1, -0.05) is 18.5 Å². The van der Waals surface area contributed by atoms with Crippen molar-refractivity contribution >= 4 is 29.3 Å². The van der Waals surface area contributed by atoms with Crippen LogP contribution < -0.4 is 5.32 Å². The van der Waals surface area contributed by atoms with Gasteiger partial charge in [-0.15, -0.1) is 0 Å². The lowest BCUT2D eigenvalue weighted by Gasteiger charge is -2.23. The van der Waals surface area contributed by atoms with Gasteiger partial charge in [0.05, 0.1) is 16.6 Å². The predicted molar refractivity (Wildman–Crippen MR) is 74.5 cm³/mol. The van der Waals surface area contributed by atoms with E-state index in [2.05, 4.69) is 5.32 Å². The Kier molecular flexibility index (Phi) is 5.76. The van der Waals surface area contributed by atoms with Crippen molar-refractivity contribution in [2.24, 2.45) is 5.92 Å². The molecule has 2 N–H and O–H groups in total. The van der Waals surface area contributed by atoms with Crippen molar-refractivity contribution in [2.45, 2.75) is 13.8 Å². The van der Waals surface area contributed by atoms with E-state index in [1.165, 1.54) is 24.0 Å². The number of halogens is 2. The number of hydrogen-bond acceptors (Lipinski definition) is 2. The summed E-state index contributed by atoms with van der Waals surface area (Å²) in [6.07, 6.45) is 0. The molecule has 20 heavy (non-hydrogen) atoms. The number of benzene rings is 1. The number of carbonyl (C=O) groups excluding carboxylic acids is 1. The smallest absolute Gasteiger partial charge is 0.321 e. The molecule has 0 fully saturated rings. The first-order valence-electron chi connectivity index (χ1n) is 6.09. The van der Waals surface area contributed by atoms with Crippen LogP contribution in [0.25, 0.3) is 0 Å². The fourth-order valence-corrected chi connectivity index (χ4v) is 1.76.